The van der Waals surface area contributed by atoms with Crippen molar-refractivity contribution >= 4 is 27.8 Å². The van der Waals surface area contributed by atoms with Crippen LogP contribution >= 0.6 is 15.9 Å². The van der Waals surface area contributed by atoms with Crippen LogP contribution in [0.2, 0.25) is 0 Å². The zero-order valence-corrected chi connectivity index (χ0v) is 19.5. The predicted octanol–water partition coefficient (Wildman–Crippen LogP) is 5.87. The van der Waals surface area contributed by atoms with Gasteiger partial charge in [-0.25, -0.2) is 0 Å². The summed E-state index contributed by atoms with van der Waals surface area (Å²) in [5.74, 6) is 2.40. The second kappa shape index (κ2) is 8.32. The van der Waals surface area contributed by atoms with Crippen LogP contribution in [-0.4, -0.2) is 30.6 Å². The molecule has 0 N–H and O–H groups in total. The van der Waals surface area contributed by atoms with E-state index in [1.54, 1.807) is 13.2 Å². The molecule has 6 heteroatoms. The summed E-state index contributed by atoms with van der Waals surface area (Å²) >= 11 is 3.49. The quantitative estimate of drug-likeness (QED) is 0.511. The summed E-state index contributed by atoms with van der Waals surface area (Å²) < 4.78 is 18.7. The van der Waals surface area contributed by atoms with E-state index < -0.39 is 0 Å². The first-order valence-electron chi connectivity index (χ1n) is 10.9. The number of hydrogen-bond acceptors (Lipinski definition) is 5. The van der Waals surface area contributed by atoms with Gasteiger partial charge in [-0.3, -0.25) is 9.69 Å². The molecule has 0 radical (unpaired) electrons. The van der Waals surface area contributed by atoms with Gasteiger partial charge in [0.15, 0.2) is 5.76 Å². The van der Waals surface area contributed by atoms with Crippen LogP contribution < -0.4 is 14.2 Å². The zero-order valence-electron chi connectivity index (χ0n) is 17.9. The second-order valence-electron chi connectivity index (χ2n) is 8.51. The Kier molecular flexibility index (Phi) is 5.52. The topological polar surface area (TPSA) is 48.0 Å². The third kappa shape index (κ3) is 3.76. The van der Waals surface area contributed by atoms with Gasteiger partial charge < -0.3 is 14.2 Å². The molecule has 162 valence electrons. The van der Waals surface area contributed by atoms with Gasteiger partial charge >= 0.3 is 0 Å². The van der Waals surface area contributed by atoms with Crippen LogP contribution in [0.25, 0.3) is 6.08 Å². The summed E-state index contributed by atoms with van der Waals surface area (Å²) in [5, 5.41) is 0. The number of halogens is 1. The fourth-order valence-corrected chi connectivity index (χ4v) is 5.27. The van der Waals surface area contributed by atoms with E-state index in [2.05, 4.69) is 20.8 Å². The molecule has 31 heavy (non-hydrogen) atoms. The molecule has 2 aliphatic heterocycles. The molecule has 1 aliphatic carbocycles. The summed E-state index contributed by atoms with van der Waals surface area (Å²) in [5.41, 5.74) is 3.30. The number of aryl methyl sites for hydroxylation is 1. The Hall–Kier alpha value is -2.31. The number of benzene rings is 2. The Balaban J connectivity index is 1.51. The molecule has 5 rings (SSSR count). The fraction of sp³-hybridized carbons (Fsp3) is 0.400. The lowest BCUT2D eigenvalue weighted by Gasteiger charge is -2.37. The van der Waals surface area contributed by atoms with Crippen LogP contribution in [0.5, 0.6) is 17.2 Å². The van der Waals surface area contributed by atoms with Crippen LogP contribution in [-0.2, 0) is 6.54 Å². The molecule has 0 unspecified atom stereocenters. The standard InChI is InChI=1S/C25H26BrNO4/c1-15-10-21-19(13-27(14-30-21)18-6-4-3-5-7-18)25-23(15)24(28)22(31-25)12-16-11-17(26)8-9-20(16)29-2/h8-12,18H,3-7,13-14H2,1-2H3/b22-12-. The van der Waals surface area contributed by atoms with Crippen molar-refractivity contribution in [1.29, 1.82) is 0 Å². The molecule has 2 aromatic carbocycles. The predicted molar refractivity (Wildman–Crippen MR) is 123 cm³/mol. The van der Waals surface area contributed by atoms with E-state index in [4.69, 9.17) is 14.2 Å². The molecule has 1 fully saturated rings. The molecule has 0 amide bonds. The molecule has 3 aliphatic rings. The maximum Gasteiger partial charge on any atom is 0.232 e. The number of carbonyl (C=O) groups excluding carboxylic acids is 1. The summed E-state index contributed by atoms with van der Waals surface area (Å²) in [6.45, 7) is 3.30. The molecule has 0 atom stereocenters. The highest BCUT2D eigenvalue weighted by Gasteiger charge is 2.36. The highest BCUT2D eigenvalue weighted by Crippen LogP contribution is 2.45. The number of nitrogens with zero attached hydrogens (tertiary/aromatic N) is 1. The summed E-state index contributed by atoms with van der Waals surface area (Å²) in [4.78, 5) is 15.7. The number of methoxy groups -OCH3 is 1. The lowest BCUT2D eigenvalue weighted by Crippen LogP contribution is -2.41. The van der Waals surface area contributed by atoms with E-state index in [9.17, 15) is 4.79 Å². The van der Waals surface area contributed by atoms with Gasteiger partial charge in [-0.05, 0) is 55.7 Å². The van der Waals surface area contributed by atoms with Crippen LogP contribution in [0.1, 0.15) is 59.2 Å². The number of allylic oxidation sites excluding steroid dienone is 1. The SMILES string of the molecule is COc1ccc(Br)cc1/C=C1\Oc2c3c(cc(C)c2C1=O)OCN(C1CCCCC1)C3. The molecule has 0 aromatic heterocycles. The first-order chi connectivity index (χ1) is 15.0. The lowest BCUT2D eigenvalue weighted by molar-refractivity contribution is 0.0393. The van der Waals surface area contributed by atoms with Gasteiger partial charge in [0.2, 0.25) is 5.78 Å². The molecule has 0 saturated heterocycles. The van der Waals surface area contributed by atoms with Gasteiger partial charge in [0.1, 0.15) is 24.0 Å². The minimum absolute atomic E-state index is 0.0906. The van der Waals surface area contributed by atoms with Crippen LogP contribution in [0.3, 0.4) is 0 Å². The highest BCUT2D eigenvalue weighted by molar-refractivity contribution is 9.10. The van der Waals surface area contributed by atoms with Crippen LogP contribution in [0, 0.1) is 6.92 Å². The van der Waals surface area contributed by atoms with Gasteiger partial charge in [0.25, 0.3) is 0 Å². The molecule has 2 aromatic rings. The summed E-state index contributed by atoms with van der Waals surface area (Å²) in [6, 6.07) is 8.21. The Morgan fingerprint density at radius 2 is 2.00 bits per heavy atom. The number of ether oxygens (including phenoxy) is 3. The van der Waals surface area contributed by atoms with Crippen LogP contribution in [0.15, 0.2) is 34.5 Å². The summed E-state index contributed by atoms with van der Waals surface area (Å²) in [6.07, 6.45) is 8.05. The lowest BCUT2D eigenvalue weighted by atomic mass is 9.93. The highest BCUT2D eigenvalue weighted by atomic mass is 79.9. The Labute approximate surface area is 191 Å². The van der Waals surface area contributed by atoms with E-state index in [0.717, 1.165) is 33.5 Å². The Bertz CT molecular complexity index is 1070. The van der Waals surface area contributed by atoms with E-state index in [1.807, 2.05) is 31.2 Å². The van der Waals surface area contributed by atoms with E-state index >= 15 is 0 Å². The minimum atomic E-state index is -0.0906. The van der Waals surface area contributed by atoms with E-state index in [1.165, 1.54) is 32.1 Å². The molecule has 0 bridgehead atoms. The monoisotopic (exact) mass is 483 g/mol. The first-order valence-corrected chi connectivity index (χ1v) is 11.7. The average Bonchev–Trinajstić information content (AvgIpc) is 3.11. The molecular formula is C25H26BrNO4. The van der Waals surface area contributed by atoms with E-state index in [0.29, 0.717) is 35.6 Å². The van der Waals surface area contributed by atoms with Gasteiger partial charge in [-0.2, -0.15) is 0 Å². The van der Waals surface area contributed by atoms with Crippen molar-refractivity contribution in [1.82, 2.24) is 4.90 Å². The van der Waals surface area contributed by atoms with Gasteiger partial charge in [-0.15, -0.1) is 0 Å². The third-order valence-corrected chi connectivity index (χ3v) is 7.01. The molecule has 0 spiro atoms. The molecule has 2 heterocycles. The largest absolute Gasteiger partial charge is 0.496 e. The first kappa shape index (κ1) is 20.6. The molecular weight excluding hydrogens is 458 g/mol. The van der Waals surface area contributed by atoms with Gasteiger partial charge in [-0.1, -0.05) is 35.2 Å². The maximum absolute atomic E-state index is 13.3. The normalized spacial score (nSPS) is 20.2. The van der Waals surface area contributed by atoms with Crippen molar-refractivity contribution in [3.63, 3.8) is 0 Å². The number of hydrogen-bond donors (Lipinski definition) is 0. The van der Waals surface area contributed by atoms with E-state index in [-0.39, 0.29) is 5.78 Å². The Morgan fingerprint density at radius 1 is 1.19 bits per heavy atom. The van der Waals surface area contributed by atoms with Crippen molar-refractivity contribution in [2.75, 3.05) is 13.8 Å². The van der Waals surface area contributed by atoms with Crippen LogP contribution in [0.4, 0.5) is 0 Å². The van der Waals surface area contributed by atoms with Gasteiger partial charge in [0.05, 0.1) is 18.2 Å². The fourth-order valence-electron chi connectivity index (χ4n) is 4.89. The molecule has 1 saturated carbocycles. The average molecular weight is 484 g/mol. The number of Topliss-reactive ketones (excluding diaryl/α,β-unsaturated/α-hetero) is 1. The summed E-state index contributed by atoms with van der Waals surface area (Å²) in [7, 11) is 1.62. The van der Waals surface area contributed by atoms with Gasteiger partial charge in [0, 0.05) is 22.6 Å². The number of rotatable bonds is 3. The van der Waals surface area contributed by atoms with Crippen molar-refractivity contribution in [2.45, 2.75) is 51.6 Å². The maximum atomic E-state index is 13.3. The third-order valence-electron chi connectivity index (χ3n) is 6.52. The zero-order chi connectivity index (χ0) is 21.5. The van der Waals surface area contributed by atoms with Crippen molar-refractivity contribution in [3.8, 4) is 17.2 Å². The number of ketones is 1. The van der Waals surface area contributed by atoms with Crippen molar-refractivity contribution < 1.29 is 19.0 Å². The molecule has 5 nitrogen and oxygen atoms in total. The number of carbonyl (C=O) groups is 1. The number of fused-ring (bicyclic) bond motifs is 3. The smallest absolute Gasteiger partial charge is 0.232 e. The minimum Gasteiger partial charge on any atom is -0.496 e. The Morgan fingerprint density at radius 3 is 2.77 bits per heavy atom. The second-order valence-corrected chi connectivity index (χ2v) is 9.43. The van der Waals surface area contributed by atoms with Crippen molar-refractivity contribution in [3.05, 3.63) is 56.8 Å². The van der Waals surface area contributed by atoms with Crippen molar-refractivity contribution in [2.24, 2.45) is 0 Å².